The lowest BCUT2D eigenvalue weighted by atomic mass is 10.1. The number of nitrogens with zero attached hydrogens (tertiary/aromatic N) is 3. The van der Waals surface area contributed by atoms with Gasteiger partial charge in [0.05, 0.1) is 11.0 Å². The van der Waals surface area contributed by atoms with Crippen molar-refractivity contribution in [2.75, 3.05) is 32.7 Å². The van der Waals surface area contributed by atoms with Crippen molar-refractivity contribution in [2.24, 2.45) is 5.92 Å². The highest BCUT2D eigenvalue weighted by atomic mass is 16.6. The highest BCUT2D eigenvalue weighted by molar-refractivity contribution is 5.34. The third kappa shape index (κ3) is 4.03. The lowest BCUT2D eigenvalue weighted by molar-refractivity contribution is -0.384. The van der Waals surface area contributed by atoms with Crippen LogP contribution in [-0.4, -0.2) is 58.7 Å². The van der Waals surface area contributed by atoms with Gasteiger partial charge in [0.25, 0.3) is 5.69 Å². The van der Waals surface area contributed by atoms with E-state index in [1.54, 1.807) is 12.1 Å². The van der Waals surface area contributed by atoms with E-state index >= 15 is 0 Å². The number of hydrogen-bond acceptors (Lipinski definition) is 5. The number of non-ortho nitro benzene ring substituents is 1. The number of piperazine rings is 1. The fourth-order valence-corrected chi connectivity index (χ4v) is 3.05. The molecule has 22 heavy (non-hydrogen) atoms. The molecule has 1 saturated carbocycles. The third-order valence-corrected chi connectivity index (χ3v) is 4.60. The van der Waals surface area contributed by atoms with E-state index in [-0.39, 0.29) is 16.7 Å². The minimum atomic E-state index is -0.347. The van der Waals surface area contributed by atoms with Gasteiger partial charge in [-0.05, 0) is 24.3 Å². The maximum atomic E-state index is 10.8. The van der Waals surface area contributed by atoms with Crippen molar-refractivity contribution < 1.29 is 10.0 Å². The lowest BCUT2D eigenvalue weighted by Crippen LogP contribution is -2.48. The van der Waals surface area contributed by atoms with Crippen LogP contribution in [0.2, 0.25) is 0 Å². The van der Waals surface area contributed by atoms with E-state index in [1.807, 2.05) is 6.07 Å². The second kappa shape index (κ2) is 6.73. The van der Waals surface area contributed by atoms with Gasteiger partial charge in [0, 0.05) is 51.4 Å². The van der Waals surface area contributed by atoms with Crippen LogP contribution in [0.3, 0.4) is 0 Å². The molecule has 2 aliphatic rings. The first-order valence-electron chi connectivity index (χ1n) is 7.98. The van der Waals surface area contributed by atoms with Crippen LogP contribution in [0.15, 0.2) is 24.3 Å². The van der Waals surface area contributed by atoms with E-state index in [0.29, 0.717) is 5.92 Å². The average Bonchev–Trinajstić information content (AvgIpc) is 3.34. The normalized spacial score (nSPS) is 21.7. The topological polar surface area (TPSA) is 69.9 Å². The van der Waals surface area contributed by atoms with Gasteiger partial charge >= 0.3 is 0 Å². The van der Waals surface area contributed by atoms with Crippen LogP contribution < -0.4 is 0 Å². The molecule has 1 saturated heterocycles. The Hall–Kier alpha value is -1.50. The molecular weight excluding hydrogens is 282 g/mol. The smallest absolute Gasteiger partial charge is 0.269 e. The molecule has 0 spiro atoms. The van der Waals surface area contributed by atoms with Crippen LogP contribution in [0, 0.1) is 16.0 Å². The summed E-state index contributed by atoms with van der Waals surface area (Å²) in [6.07, 6.45) is 2.19. The standard InChI is InChI=1S/C16H23N3O3/c20-16(14-4-5-14)12-18-8-6-17(7-9-18)11-13-2-1-3-15(10-13)19(21)22/h1-3,10,14,16,20H,4-9,11-12H2. The van der Waals surface area contributed by atoms with Crippen molar-refractivity contribution in [3.8, 4) is 0 Å². The monoisotopic (exact) mass is 305 g/mol. The van der Waals surface area contributed by atoms with Gasteiger partial charge < -0.3 is 5.11 Å². The van der Waals surface area contributed by atoms with Crippen LogP contribution in [0.1, 0.15) is 18.4 Å². The van der Waals surface area contributed by atoms with Crippen LogP contribution in [-0.2, 0) is 6.54 Å². The molecule has 1 aromatic rings. The summed E-state index contributed by atoms with van der Waals surface area (Å²) in [5.41, 5.74) is 1.14. The zero-order valence-corrected chi connectivity index (χ0v) is 12.7. The fourth-order valence-electron chi connectivity index (χ4n) is 3.05. The van der Waals surface area contributed by atoms with E-state index in [4.69, 9.17) is 0 Å². The summed E-state index contributed by atoms with van der Waals surface area (Å²) in [6, 6.07) is 6.87. The van der Waals surface area contributed by atoms with Gasteiger partial charge in [-0.15, -0.1) is 0 Å². The highest BCUT2D eigenvalue weighted by Gasteiger charge is 2.31. The van der Waals surface area contributed by atoms with Crippen molar-refractivity contribution in [2.45, 2.75) is 25.5 Å². The molecule has 1 heterocycles. The highest BCUT2D eigenvalue weighted by Crippen LogP contribution is 2.32. The SMILES string of the molecule is O=[N+]([O-])c1cccc(CN2CCN(CC(O)C3CC3)CC2)c1. The molecule has 6 nitrogen and oxygen atoms in total. The van der Waals surface area contributed by atoms with Gasteiger partial charge in [0.1, 0.15) is 0 Å². The minimum absolute atomic E-state index is 0.156. The molecule has 0 bridgehead atoms. The first-order chi connectivity index (χ1) is 10.6. The molecule has 1 aliphatic heterocycles. The first kappa shape index (κ1) is 15.4. The molecule has 0 amide bonds. The minimum Gasteiger partial charge on any atom is -0.392 e. The molecule has 2 fully saturated rings. The van der Waals surface area contributed by atoms with E-state index < -0.39 is 0 Å². The van der Waals surface area contributed by atoms with Gasteiger partial charge in [-0.25, -0.2) is 0 Å². The van der Waals surface area contributed by atoms with Crippen LogP contribution in [0.5, 0.6) is 0 Å². The van der Waals surface area contributed by atoms with Gasteiger partial charge in [0.2, 0.25) is 0 Å². The van der Waals surface area contributed by atoms with Gasteiger partial charge in [0.15, 0.2) is 0 Å². The maximum Gasteiger partial charge on any atom is 0.269 e. The van der Waals surface area contributed by atoms with Crippen LogP contribution >= 0.6 is 0 Å². The number of β-amino-alcohol motifs (C(OH)–C–C–N with tert-alkyl or cyclic N) is 1. The molecular formula is C16H23N3O3. The molecule has 0 aromatic heterocycles. The molecule has 120 valence electrons. The van der Waals surface area contributed by atoms with Gasteiger partial charge in [-0.1, -0.05) is 12.1 Å². The predicted molar refractivity (Wildman–Crippen MR) is 83.5 cm³/mol. The Bertz CT molecular complexity index is 525. The lowest BCUT2D eigenvalue weighted by Gasteiger charge is -2.35. The summed E-state index contributed by atoms with van der Waals surface area (Å²) < 4.78 is 0. The zero-order chi connectivity index (χ0) is 15.5. The number of rotatable bonds is 6. The Morgan fingerprint density at radius 3 is 2.55 bits per heavy atom. The quantitative estimate of drug-likeness (QED) is 0.637. The zero-order valence-electron chi connectivity index (χ0n) is 12.7. The number of aliphatic hydroxyl groups excluding tert-OH is 1. The molecule has 1 atom stereocenters. The molecule has 1 aromatic carbocycles. The van der Waals surface area contributed by atoms with E-state index in [0.717, 1.165) is 44.8 Å². The van der Waals surface area contributed by atoms with E-state index in [9.17, 15) is 15.2 Å². The third-order valence-electron chi connectivity index (χ3n) is 4.60. The summed E-state index contributed by atoms with van der Waals surface area (Å²) in [4.78, 5) is 15.1. The number of nitro groups is 1. The summed E-state index contributed by atoms with van der Waals surface area (Å²) in [5, 5.41) is 20.8. The molecule has 1 aliphatic carbocycles. The van der Waals surface area contributed by atoms with Crippen molar-refractivity contribution in [1.82, 2.24) is 9.80 Å². The Labute approximate surface area is 130 Å². The van der Waals surface area contributed by atoms with Gasteiger partial charge in [-0.3, -0.25) is 19.9 Å². The van der Waals surface area contributed by atoms with Crippen LogP contribution in [0.25, 0.3) is 0 Å². The molecule has 1 N–H and O–H groups in total. The molecule has 1 unspecified atom stereocenters. The molecule has 0 radical (unpaired) electrons. The molecule has 3 rings (SSSR count). The average molecular weight is 305 g/mol. The number of aliphatic hydroxyl groups is 1. The first-order valence-corrected chi connectivity index (χ1v) is 7.98. The summed E-state index contributed by atoms with van der Waals surface area (Å²) in [7, 11) is 0. The van der Waals surface area contributed by atoms with E-state index in [1.165, 1.54) is 18.9 Å². The maximum absolute atomic E-state index is 10.8. The van der Waals surface area contributed by atoms with Crippen molar-refractivity contribution >= 4 is 5.69 Å². The largest absolute Gasteiger partial charge is 0.392 e. The van der Waals surface area contributed by atoms with Gasteiger partial charge in [-0.2, -0.15) is 0 Å². The summed E-state index contributed by atoms with van der Waals surface area (Å²) in [5.74, 6) is 0.530. The Kier molecular flexibility index (Phi) is 4.71. The Morgan fingerprint density at radius 2 is 1.91 bits per heavy atom. The number of benzene rings is 1. The van der Waals surface area contributed by atoms with Crippen molar-refractivity contribution in [3.63, 3.8) is 0 Å². The Balaban J connectivity index is 1.47. The predicted octanol–water partition coefficient (Wildman–Crippen LogP) is 1.48. The van der Waals surface area contributed by atoms with Crippen molar-refractivity contribution in [3.05, 3.63) is 39.9 Å². The van der Waals surface area contributed by atoms with Crippen LogP contribution in [0.4, 0.5) is 5.69 Å². The fraction of sp³-hybridized carbons (Fsp3) is 0.625. The number of hydrogen-bond donors (Lipinski definition) is 1. The second-order valence-electron chi connectivity index (χ2n) is 6.41. The summed E-state index contributed by atoms with van der Waals surface area (Å²) >= 11 is 0. The molecule has 6 heteroatoms. The number of nitro benzene ring substituents is 1. The Morgan fingerprint density at radius 1 is 1.23 bits per heavy atom. The second-order valence-corrected chi connectivity index (χ2v) is 6.41. The summed E-state index contributed by atoms with van der Waals surface area (Å²) in [6.45, 7) is 5.34. The van der Waals surface area contributed by atoms with E-state index in [2.05, 4.69) is 9.80 Å². The van der Waals surface area contributed by atoms with Crippen molar-refractivity contribution in [1.29, 1.82) is 0 Å².